The van der Waals surface area contributed by atoms with Crippen LogP contribution in [0.4, 0.5) is 0 Å². The highest BCUT2D eigenvalue weighted by Crippen LogP contribution is 2.25. The average Bonchev–Trinajstić information content (AvgIpc) is 2.75. The predicted octanol–water partition coefficient (Wildman–Crippen LogP) is 3.23. The van der Waals surface area contributed by atoms with Crippen LogP contribution in [0.5, 0.6) is 0 Å². The normalized spacial score (nSPS) is 10.3. The Morgan fingerprint density at radius 2 is 1.78 bits per heavy atom. The minimum Gasteiger partial charge on any atom is -0.282 e. The molecular weight excluding hydrogens is 338 g/mol. The van der Waals surface area contributed by atoms with Crippen molar-refractivity contribution in [2.24, 2.45) is 0 Å². The van der Waals surface area contributed by atoms with Gasteiger partial charge in [0.1, 0.15) is 11.8 Å². The lowest BCUT2D eigenvalue weighted by molar-refractivity contribution is 0.980. The Balaban J connectivity index is 2.04. The van der Waals surface area contributed by atoms with E-state index in [1.807, 2.05) is 18.2 Å². The highest BCUT2D eigenvalue weighted by Gasteiger charge is 2.15. The summed E-state index contributed by atoms with van der Waals surface area (Å²) in [6.07, 6.45) is 8.21. The molecule has 0 aliphatic heterocycles. The van der Waals surface area contributed by atoms with Gasteiger partial charge in [-0.15, -0.1) is 0 Å². The smallest absolute Gasteiger partial charge is 0.263 e. The maximum absolute atomic E-state index is 13.2. The van der Waals surface area contributed by atoms with Gasteiger partial charge in [0, 0.05) is 35.9 Å². The second-order valence-corrected chi connectivity index (χ2v) is 5.76. The third-order valence-electron chi connectivity index (χ3n) is 4.11. The first kappa shape index (κ1) is 16.4. The van der Waals surface area contributed by atoms with Gasteiger partial charge >= 0.3 is 0 Å². The summed E-state index contributed by atoms with van der Waals surface area (Å²) in [7, 11) is 0. The fourth-order valence-electron chi connectivity index (χ4n) is 2.85. The van der Waals surface area contributed by atoms with E-state index in [0.717, 1.165) is 11.3 Å². The first-order chi connectivity index (χ1) is 13.3. The van der Waals surface area contributed by atoms with Gasteiger partial charge in [0.05, 0.1) is 23.1 Å². The lowest BCUT2D eigenvalue weighted by Gasteiger charge is -2.12. The minimum absolute atomic E-state index is 0.200. The molecule has 0 aliphatic carbocycles. The summed E-state index contributed by atoms with van der Waals surface area (Å²) in [6, 6.07) is 16.4. The zero-order valence-corrected chi connectivity index (χ0v) is 14.1. The quantitative estimate of drug-likeness (QED) is 0.566. The van der Waals surface area contributed by atoms with Crippen molar-refractivity contribution in [1.29, 1.82) is 5.26 Å². The number of nitriles is 1. The fourth-order valence-corrected chi connectivity index (χ4v) is 2.85. The second kappa shape index (κ2) is 7.02. The lowest BCUT2D eigenvalue weighted by atomic mass is 10.0. The third-order valence-corrected chi connectivity index (χ3v) is 4.11. The van der Waals surface area contributed by atoms with Crippen LogP contribution in [0.2, 0.25) is 0 Å². The van der Waals surface area contributed by atoms with Gasteiger partial charge in [0.25, 0.3) is 5.56 Å². The second-order valence-electron chi connectivity index (χ2n) is 5.76. The Bertz CT molecular complexity index is 1190. The van der Waals surface area contributed by atoms with Crippen molar-refractivity contribution in [3.8, 4) is 34.1 Å². The van der Waals surface area contributed by atoms with E-state index in [1.54, 1.807) is 55.1 Å². The molecule has 0 aromatic carbocycles. The number of aromatic nitrogens is 4. The lowest BCUT2D eigenvalue weighted by Crippen LogP contribution is -2.20. The highest BCUT2D eigenvalue weighted by molar-refractivity contribution is 5.73. The predicted molar refractivity (Wildman–Crippen MR) is 101 cm³/mol. The number of hydrogen-bond acceptors (Lipinski definition) is 5. The topological polar surface area (TPSA) is 84.5 Å². The van der Waals surface area contributed by atoms with Gasteiger partial charge in [-0.1, -0.05) is 6.07 Å². The van der Waals surface area contributed by atoms with Crippen LogP contribution < -0.4 is 5.56 Å². The van der Waals surface area contributed by atoms with Gasteiger partial charge in [-0.2, -0.15) is 5.26 Å². The molecule has 128 valence electrons. The molecule has 0 unspecified atom stereocenters. The summed E-state index contributed by atoms with van der Waals surface area (Å²) in [5.41, 5.74) is 2.91. The molecule has 0 aliphatic rings. The van der Waals surface area contributed by atoms with Crippen molar-refractivity contribution in [1.82, 2.24) is 19.5 Å². The maximum Gasteiger partial charge on any atom is 0.263 e. The van der Waals surface area contributed by atoms with Crippen LogP contribution in [-0.4, -0.2) is 19.5 Å². The Labute approximate surface area is 155 Å². The van der Waals surface area contributed by atoms with Crippen molar-refractivity contribution in [2.45, 2.75) is 0 Å². The molecule has 6 nitrogen and oxygen atoms in total. The Kier molecular flexibility index (Phi) is 4.25. The first-order valence-corrected chi connectivity index (χ1v) is 8.22. The molecule has 4 rings (SSSR count). The Morgan fingerprint density at radius 3 is 2.52 bits per heavy atom. The summed E-state index contributed by atoms with van der Waals surface area (Å²) in [4.78, 5) is 25.8. The van der Waals surface area contributed by atoms with Crippen LogP contribution in [0.25, 0.3) is 28.1 Å². The van der Waals surface area contributed by atoms with Gasteiger partial charge in [-0.05, 0) is 42.5 Å². The fraction of sp³-hybridized carbons (Fsp3) is 0. The van der Waals surface area contributed by atoms with Gasteiger partial charge in [0.2, 0.25) is 0 Å². The summed E-state index contributed by atoms with van der Waals surface area (Å²) in [5, 5.41) is 9.40. The van der Waals surface area contributed by atoms with Crippen molar-refractivity contribution in [3.63, 3.8) is 0 Å². The van der Waals surface area contributed by atoms with Crippen LogP contribution >= 0.6 is 0 Å². The zero-order valence-electron chi connectivity index (χ0n) is 14.1. The van der Waals surface area contributed by atoms with Crippen LogP contribution in [0.3, 0.4) is 0 Å². The van der Waals surface area contributed by atoms with E-state index in [2.05, 4.69) is 21.0 Å². The van der Waals surface area contributed by atoms with Crippen molar-refractivity contribution in [2.75, 3.05) is 0 Å². The molecule has 6 heteroatoms. The molecule has 0 spiro atoms. The highest BCUT2D eigenvalue weighted by atomic mass is 16.1. The number of rotatable bonds is 3. The SMILES string of the molecule is N#Cc1ncccc1-c1cc(-c2ccccn2)cn(-c2cccnc2)c1=O. The summed E-state index contributed by atoms with van der Waals surface area (Å²) in [6.45, 7) is 0. The molecule has 0 amide bonds. The Hall–Kier alpha value is -4.11. The number of nitrogens with zero attached hydrogens (tertiary/aromatic N) is 5. The standard InChI is InChI=1S/C21H13N5O/c22-12-20-17(6-4-10-25-20)18-11-15(19-7-1-2-9-24-19)14-26(21(18)27)16-5-3-8-23-13-16/h1-11,13-14H. The molecular formula is C21H13N5O. The van der Waals surface area contributed by atoms with Crippen LogP contribution in [0.15, 0.2) is 84.3 Å². The van der Waals surface area contributed by atoms with Crippen molar-refractivity contribution >= 4 is 0 Å². The van der Waals surface area contributed by atoms with E-state index in [-0.39, 0.29) is 11.3 Å². The van der Waals surface area contributed by atoms with Crippen LogP contribution in [0.1, 0.15) is 5.69 Å². The van der Waals surface area contributed by atoms with E-state index in [0.29, 0.717) is 16.8 Å². The van der Waals surface area contributed by atoms with E-state index >= 15 is 0 Å². The van der Waals surface area contributed by atoms with E-state index in [1.165, 1.54) is 10.8 Å². The average molecular weight is 351 g/mol. The van der Waals surface area contributed by atoms with E-state index in [4.69, 9.17) is 0 Å². The summed E-state index contributed by atoms with van der Waals surface area (Å²) in [5.74, 6) is 0. The number of pyridine rings is 4. The first-order valence-electron chi connectivity index (χ1n) is 8.22. The molecule has 0 saturated heterocycles. The van der Waals surface area contributed by atoms with Gasteiger partial charge in [-0.25, -0.2) is 4.98 Å². The molecule has 4 aromatic heterocycles. The molecule has 0 bridgehead atoms. The largest absolute Gasteiger partial charge is 0.282 e. The van der Waals surface area contributed by atoms with Crippen LogP contribution in [0, 0.1) is 11.3 Å². The zero-order chi connectivity index (χ0) is 18.6. The molecule has 0 saturated carbocycles. The molecule has 0 N–H and O–H groups in total. The number of hydrogen-bond donors (Lipinski definition) is 0. The summed E-state index contributed by atoms with van der Waals surface area (Å²) < 4.78 is 1.51. The maximum atomic E-state index is 13.2. The molecule has 4 aromatic rings. The van der Waals surface area contributed by atoms with Crippen LogP contribution in [-0.2, 0) is 0 Å². The molecule has 0 atom stereocenters. The molecule has 0 radical (unpaired) electrons. The van der Waals surface area contributed by atoms with Gasteiger partial charge < -0.3 is 0 Å². The van der Waals surface area contributed by atoms with E-state index in [9.17, 15) is 10.1 Å². The Morgan fingerprint density at radius 1 is 0.926 bits per heavy atom. The van der Waals surface area contributed by atoms with Crippen molar-refractivity contribution in [3.05, 3.63) is 95.6 Å². The van der Waals surface area contributed by atoms with Crippen molar-refractivity contribution < 1.29 is 0 Å². The molecule has 4 heterocycles. The van der Waals surface area contributed by atoms with Gasteiger partial charge in [0.15, 0.2) is 0 Å². The van der Waals surface area contributed by atoms with E-state index < -0.39 is 0 Å². The summed E-state index contributed by atoms with van der Waals surface area (Å²) >= 11 is 0. The molecule has 0 fully saturated rings. The monoisotopic (exact) mass is 351 g/mol. The third kappa shape index (κ3) is 3.10. The molecule has 27 heavy (non-hydrogen) atoms. The van der Waals surface area contributed by atoms with Gasteiger partial charge in [-0.3, -0.25) is 19.3 Å². The minimum atomic E-state index is -0.257.